The molecule has 3 nitrogen and oxygen atoms in total. The second kappa shape index (κ2) is 6.44. The Morgan fingerprint density at radius 2 is 1.75 bits per heavy atom. The number of carbonyl (C=O) groups excluding carboxylic acids is 1. The topological polar surface area (TPSA) is 41.1 Å². The summed E-state index contributed by atoms with van der Waals surface area (Å²) < 4.78 is 0. The van der Waals surface area contributed by atoms with E-state index in [1.165, 1.54) is 0 Å². The molecule has 2 rings (SSSR count). The van der Waals surface area contributed by atoms with Gasteiger partial charge in [-0.25, -0.2) is 0 Å². The lowest BCUT2D eigenvalue weighted by molar-refractivity contribution is 0.0940. The second-order valence-corrected chi connectivity index (χ2v) is 4.98. The Morgan fingerprint density at radius 3 is 2.40 bits per heavy atom. The van der Waals surface area contributed by atoms with E-state index in [9.17, 15) is 4.79 Å². The van der Waals surface area contributed by atoms with E-state index in [0.717, 1.165) is 11.3 Å². The van der Waals surface area contributed by atoms with Gasteiger partial charge in [-0.05, 0) is 36.8 Å². The van der Waals surface area contributed by atoms with Crippen LogP contribution in [0.1, 0.15) is 28.9 Å². The molecule has 0 spiro atoms. The number of carbonyl (C=O) groups is 1. The third-order valence-corrected chi connectivity index (χ3v) is 3.41. The normalized spacial score (nSPS) is 11.8. The van der Waals surface area contributed by atoms with Gasteiger partial charge in [0.15, 0.2) is 0 Å². The molecule has 0 unspecified atom stereocenters. The van der Waals surface area contributed by atoms with Gasteiger partial charge in [0.05, 0.1) is 11.6 Å². The molecule has 0 aromatic heterocycles. The average molecular weight is 289 g/mol. The monoisotopic (exact) mass is 288 g/mol. The van der Waals surface area contributed by atoms with E-state index in [1.54, 1.807) is 13.1 Å². The maximum absolute atomic E-state index is 12.3. The molecule has 20 heavy (non-hydrogen) atoms. The number of rotatable bonds is 4. The molecule has 104 valence electrons. The lowest BCUT2D eigenvalue weighted by atomic mass is 10.1. The predicted molar refractivity (Wildman–Crippen MR) is 83.3 cm³/mol. The summed E-state index contributed by atoms with van der Waals surface area (Å²) in [4.78, 5) is 12.3. The van der Waals surface area contributed by atoms with Gasteiger partial charge in [0, 0.05) is 17.8 Å². The molecule has 1 atom stereocenters. The molecular weight excluding hydrogens is 272 g/mol. The van der Waals surface area contributed by atoms with E-state index in [2.05, 4.69) is 10.6 Å². The van der Waals surface area contributed by atoms with E-state index in [0.29, 0.717) is 10.6 Å². The summed E-state index contributed by atoms with van der Waals surface area (Å²) in [5.41, 5.74) is 2.47. The van der Waals surface area contributed by atoms with E-state index in [1.807, 2.05) is 49.4 Å². The zero-order chi connectivity index (χ0) is 14.5. The van der Waals surface area contributed by atoms with Crippen LogP contribution in [0.5, 0.6) is 0 Å². The predicted octanol–water partition coefficient (Wildman–Crippen LogP) is 3.87. The number of hydrogen-bond donors (Lipinski definition) is 2. The Morgan fingerprint density at radius 1 is 1.10 bits per heavy atom. The molecule has 0 heterocycles. The summed E-state index contributed by atoms with van der Waals surface area (Å²) in [6, 6.07) is 14.8. The van der Waals surface area contributed by atoms with Crippen molar-refractivity contribution in [2.75, 3.05) is 12.4 Å². The first kappa shape index (κ1) is 14.4. The summed E-state index contributed by atoms with van der Waals surface area (Å²) in [5, 5.41) is 6.69. The van der Waals surface area contributed by atoms with E-state index in [-0.39, 0.29) is 11.9 Å². The zero-order valence-electron chi connectivity index (χ0n) is 11.5. The van der Waals surface area contributed by atoms with Crippen LogP contribution in [0, 0.1) is 0 Å². The first-order valence-corrected chi connectivity index (χ1v) is 6.82. The van der Waals surface area contributed by atoms with Gasteiger partial charge < -0.3 is 10.6 Å². The smallest absolute Gasteiger partial charge is 0.253 e. The zero-order valence-corrected chi connectivity index (χ0v) is 12.2. The van der Waals surface area contributed by atoms with Crippen LogP contribution < -0.4 is 10.6 Å². The van der Waals surface area contributed by atoms with Crippen LogP contribution in [0.2, 0.25) is 5.02 Å². The molecule has 4 heteroatoms. The molecule has 2 aromatic carbocycles. The van der Waals surface area contributed by atoms with Crippen LogP contribution in [0.15, 0.2) is 48.5 Å². The Labute approximate surface area is 124 Å². The van der Waals surface area contributed by atoms with Crippen molar-refractivity contribution in [3.8, 4) is 0 Å². The molecular formula is C16H17ClN2O. The van der Waals surface area contributed by atoms with Crippen LogP contribution in [0.4, 0.5) is 5.69 Å². The highest BCUT2D eigenvalue weighted by Crippen LogP contribution is 2.18. The van der Waals surface area contributed by atoms with Gasteiger partial charge in [-0.1, -0.05) is 35.9 Å². The van der Waals surface area contributed by atoms with Crippen molar-refractivity contribution in [2.24, 2.45) is 0 Å². The van der Waals surface area contributed by atoms with Crippen LogP contribution >= 0.6 is 11.6 Å². The van der Waals surface area contributed by atoms with Crippen molar-refractivity contribution < 1.29 is 4.79 Å². The molecule has 0 fully saturated rings. The number of hydrogen-bond acceptors (Lipinski definition) is 2. The molecule has 0 aliphatic rings. The SMILES string of the molecule is CNc1ccccc1C(=O)N[C@H](C)c1ccc(Cl)cc1. The fourth-order valence-electron chi connectivity index (χ4n) is 2.01. The van der Waals surface area contributed by atoms with Crippen LogP contribution in [0.25, 0.3) is 0 Å². The third-order valence-electron chi connectivity index (χ3n) is 3.16. The summed E-state index contributed by atoms with van der Waals surface area (Å²) in [5.74, 6) is -0.0996. The summed E-state index contributed by atoms with van der Waals surface area (Å²) in [6.45, 7) is 1.95. The van der Waals surface area contributed by atoms with Crippen molar-refractivity contribution >= 4 is 23.2 Å². The van der Waals surface area contributed by atoms with Crippen molar-refractivity contribution in [3.05, 3.63) is 64.7 Å². The molecule has 0 bridgehead atoms. The van der Waals surface area contributed by atoms with Crippen molar-refractivity contribution in [1.29, 1.82) is 0 Å². The Bertz CT molecular complexity index is 596. The van der Waals surface area contributed by atoms with Crippen molar-refractivity contribution in [2.45, 2.75) is 13.0 Å². The number of anilines is 1. The van der Waals surface area contributed by atoms with Crippen LogP contribution in [0.3, 0.4) is 0 Å². The maximum atomic E-state index is 12.3. The van der Waals surface area contributed by atoms with Crippen LogP contribution in [-0.2, 0) is 0 Å². The number of para-hydroxylation sites is 1. The van der Waals surface area contributed by atoms with Gasteiger partial charge in [-0.3, -0.25) is 4.79 Å². The molecule has 0 aliphatic carbocycles. The standard InChI is InChI=1S/C16H17ClN2O/c1-11(12-7-9-13(17)10-8-12)19-16(20)14-5-3-4-6-15(14)18-2/h3-11,18H,1-2H3,(H,19,20)/t11-/m1/s1. The van der Waals surface area contributed by atoms with E-state index >= 15 is 0 Å². The summed E-state index contributed by atoms with van der Waals surface area (Å²) >= 11 is 5.86. The summed E-state index contributed by atoms with van der Waals surface area (Å²) in [7, 11) is 1.80. The first-order valence-electron chi connectivity index (χ1n) is 6.45. The highest BCUT2D eigenvalue weighted by molar-refractivity contribution is 6.30. The molecule has 0 radical (unpaired) electrons. The molecule has 0 saturated heterocycles. The maximum Gasteiger partial charge on any atom is 0.253 e. The average Bonchev–Trinajstić information content (AvgIpc) is 2.47. The highest BCUT2D eigenvalue weighted by Gasteiger charge is 2.13. The molecule has 0 aliphatic heterocycles. The van der Waals surface area contributed by atoms with E-state index < -0.39 is 0 Å². The summed E-state index contributed by atoms with van der Waals surface area (Å²) in [6.07, 6.45) is 0. The number of benzene rings is 2. The third kappa shape index (κ3) is 3.31. The fourth-order valence-corrected chi connectivity index (χ4v) is 2.13. The molecule has 2 aromatic rings. The minimum absolute atomic E-state index is 0.0790. The van der Waals surface area contributed by atoms with Crippen molar-refractivity contribution in [3.63, 3.8) is 0 Å². The number of amides is 1. The minimum Gasteiger partial charge on any atom is -0.387 e. The Hall–Kier alpha value is -2.00. The van der Waals surface area contributed by atoms with E-state index in [4.69, 9.17) is 11.6 Å². The van der Waals surface area contributed by atoms with Crippen molar-refractivity contribution in [1.82, 2.24) is 5.32 Å². The highest BCUT2D eigenvalue weighted by atomic mass is 35.5. The van der Waals surface area contributed by atoms with Gasteiger partial charge in [-0.15, -0.1) is 0 Å². The fraction of sp³-hybridized carbons (Fsp3) is 0.188. The minimum atomic E-state index is -0.0996. The van der Waals surface area contributed by atoms with Crippen LogP contribution in [-0.4, -0.2) is 13.0 Å². The van der Waals surface area contributed by atoms with Gasteiger partial charge in [0.2, 0.25) is 0 Å². The lowest BCUT2D eigenvalue weighted by Gasteiger charge is -2.16. The van der Waals surface area contributed by atoms with Gasteiger partial charge in [-0.2, -0.15) is 0 Å². The second-order valence-electron chi connectivity index (χ2n) is 4.54. The largest absolute Gasteiger partial charge is 0.387 e. The Kier molecular flexibility index (Phi) is 4.64. The lowest BCUT2D eigenvalue weighted by Crippen LogP contribution is -2.27. The quantitative estimate of drug-likeness (QED) is 0.896. The molecule has 0 saturated carbocycles. The number of nitrogens with one attached hydrogen (secondary N) is 2. The molecule has 2 N–H and O–H groups in total. The number of halogens is 1. The first-order chi connectivity index (χ1) is 9.61. The Balaban J connectivity index is 2.13. The van der Waals surface area contributed by atoms with Gasteiger partial charge in [0.25, 0.3) is 5.91 Å². The van der Waals surface area contributed by atoms with Gasteiger partial charge in [0.1, 0.15) is 0 Å². The molecule has 1 amide bonds. The van der Waals surface area contributed by atoms with Gasteiger partial charge >= 0.3 is 0 Å².